The number of likely N-dealkylation sites (tertiary alicyclic amines) is 1. The van der Waals surface area contributed by atoms with Gasteiger partial charge in [-0.1, -0.05) is 12.1 Å². The number of amides is 2. The van der Waals surface area contributed by atoms with Gasteiger partial charge in [0, 0.05) is 23.4 Å². The summed E-state index contributed by atoms with van der Waals surface area (Å²) < 4.78 is 68.8. The minimum Gasteiger partial charge on any atom is -0.496 e. The van der Waals surface area contributed by atoms with Crippen LogP contribution in [0.1, 0.15) is 53.2 Å². The fourth-order valence-corrected chi connectivity index (χ4v) is 5.93. The number of fused-ring (bicyclic) bond motifs is 1. The topological polar surface area (TPSA) is 92.8 Å². The highest BCUT2D eigenvalue weighted by Crippen LogP contribution is 2.49. The Morgan fingerprint density at radius 2 is 1.84 bits per heavy atom. The number of rotatable bonds is 7. The molecule has 2 amide bonds. The fourth-order valence-electron chi connectivity index (χ4n) is 5.26. The number of halogens is 3. The largest absolute Gasteiger partial charge is 0.496 e. The summed E-state index contributed by atoms with van der Waals surface area (Å²) >= 11 is 0. The summed E-state index contributed by atoms with van der Waals surface area (Å²) in [7, 11) is -2.22. The van der Waals surface area contributed by atoms with Crippen molar-refractivity contribution in [2.24, 2.45) is 11.8 Å². The number of hydrogen-bond acceptors (Lipinski definition) is 5. The van der Waals surface area contributed by atoms with Gasteiger partial charge in [-0.15, -0.1) is 0 Å². The Bertz CT molecular complexity index is 1360. The van der Waals surface area contributed by atoms with E-state index in [1.807, 2.05) is 0 Å². The van der Waals surface area contributed by atoms with Crippen molar-refractivity contribution in [1.29, 1.82) is 0 Å². The highest BCUT2D eigenvalue weighted by molar-refractivity contribution is 7.90. The summed E-state index contributed by atoms with van der Waals surface area (Å²) in [6, 6.07) is 7.64. The average molecular weight is 537 g/mol. The number of carbonyl (C=O) groups excluding carboxylic acids is 2. The lowest BCUT2D eigenvalue weighted by Crippen LogP contribution is -2.49. The van der Waals surface area contributed by atoms with Gasteiger partial charge in [-0.05, 0) is 67.9 Å². The van der Waals surface area contributed by atoms with Crippen molar-refractivity contribution in [3.05, 3.63) is 59.2 Å². The molecule has 0 spiro atoms. The van der Waals surface area contributed by atoms with E-state index in [4.69, 9.17) is 4.74 Å². The highest BCUT2D eigenvalue weighted by Gasteiger charge is 2.56. The number of ether oxygens (including phenoxy) is 1. The van der Waals surface area contributed by atoms with Gasteiger partial charge in [-0.3, -0.25) is 9.59 Å². The third kappa shape index (κ3) is 5.05. The highest BCUT2D eigenvalue weighted by atomic mass is 32.2. The van der Waals surface area contributed by atoms with E-state index in [1.54, 1.807) is 0 Å². The number of methoxy groups -OCH3 is 1. The lowest BCUT2D eigenvalue weighted by atomic mass is 9.98. The van der Waals surface area contributed by atoms with E-state index < -0.39 is 39.6 Å². The first kappa shape index (κ1) is 25.6. The summed E-state index contributed by atoms with van der Waals surface area (Å²) in [6.45, 7) is 0. The molecule has 0 radical (unpaired) electrons. The van der Waals surface area contributed by atoms with E-state index in [-0.39, 0.29) is 40.0 Å². The molecular weight excluding hydrogens is 509 g/mol. The van der Waals surface area contributed by atoms with E-state index in [9.17, 15) is 31.2 Å². The number of sulfone groups is 1. The molecule has 5 rings (SSSR count). The predicted molar refractivity (Wildman–Crippen MR) is 128 cm³/mol. The van der Waals surface area contributed by atoms with Crippen LogP contribution in [0.4, 0.5) is 13.2 Å². The first-order valence-electron chi connectivity index (χ1n) is 12.1. The lowest BCUT2D eigenvalue weighted by Gasteiger charge is -2.30. The molecule has 2 saturated carbocycles. The lowest BCUT2D eigenvalue weighted by molar-refractivity contribution is -0.137. The van der Waals surface area contributed by atoms with Gasteiger partial charge in [0.05, 0.1) is 23.6 Å². The first-order valence-corrected chi connectivity index (χ1v) is 14.0. The van der Waals surface area contributed by atoms with Gasteiger partial charge < -0.3 is 15.0 Å². The fraction of sp³-hybridized carbons (Fsp3) is 0.462. The van der Waals surface area contributed by atoms with Crippen LogP contribution < -0.4 is 10.1 Å². The number of piperidine rings is 1. The average Bonchev–Trinajstić information content (AvgIpc) is 3.78. The molecule has 198 valence electrons. The number of benzene rings is 2. The molecule has 1 heterocycles. The Balaban J connectivity index is 1.39. The zero-order chi connectivity index (χ0) is 26.7. The van der Waals surface area contributed by atoms with Crippen molar-refractivity contribution >= 4 is 21.7 Å². The molecule has 1 N–H and O–H groups in total. The van der Waals surface area contributed by atoms with E-state index >= 15 is 0 Å². The molecular formula is C26H27F3N2O5S. The van der Waals surface area contributed by atoms with Crippen LogP contribution in [0.3, 0.4) is 0 Å². The van der Waals surface area contributed by atoms with Crippen molar-refractivity contribution in [1.82, 2.24) is 10.2 Å². The first-order chi connectivity index (χ1) is 17.4. The van der Waals surface area contributed by atoms with E-state index in [0.29, 0.717) is 12.0 Å². The van der Waals surface area contributed by atoms with Crippen molar-refractivity contribution in [3.63, 3.8) is 0 Å². The Morgan fingerprint density at radius 1 is 1.11 bits per heavy atom. The molecule has 7 nitrogen and oxygen atoms in total. The second-order valence-corrected chi connectivity index (χ2v) is 12.1. The van der Waals surface area contributed by atoms with Crippen LogP contribution in [0.2, 0.25) is 0 Å². The third-order valence-corrected chi connectivity index (χ3v) is 8.55. The van der Waals surface area contributed by atoms with Gasteiger partial charge in [-0.25, -0.2) is 8.42 Å². The number of carbonyl (C=O) groups is 2. The monoisotopic (exact) mass is 536 g/mol. The van der Waals surface area contributed by atoms with Crippen LogP contribution in [0.5, 0.6) is 5.75 Å². The maximum atomic E-state index is 13.5. The van der Waals surface area contributed by atoms with Gasteiger partial charge in [-0.2, -0.15) is 13.2 Å². The van der Waals surface area contributed by atoms with Crippen LogP contribution in [-0.4, -0.2) is 50.6 Å². The van der Waals surface area contributed by atoms with E-state index in [2.05, 4.69) is 5.32 Å². The standard InChI is InChI=1S/C26H27F3N2O5S/c1-36-22-13-17(26(27,28)29)8-9-19(22)23(14-6-7-14)30-24(32)21-12-16-11-20(16)31(21)25(33)15-4-3-5-18(10-15)37(2,34)35/h3-5,8-10,13-14,16,20-21,23H,6-7,11-12H2,1-2H3,(H,30,32)/t16-,20-,21?,23-/m1/s1. The van der Waals surface area contributed by atoms with Crippen molar-refractivity contribution < 1.29 is 35.9 Å². The number of hydrogen-bond donors (Lipinski definition) is 1. The third-order valence-electron chi connectivity index (χ3n) is 7.44. The van der Waals surface area contributed by atoms with Gasteiger partial charge in [0.15, 0.2) is 9.84 Å². The second kappa shape index (κ2) is 9.04. The summed E-state index contributed by atoms with van der Waals surface area (Å²) in [5.74, 6) is -0.491. The summed E-state index contributed by atoms with van der Waals surface area (Å²) in [4.78, 5) is 28.5. The quantitative estimate of drug-likeness (QED) is 0.578. The molecule has 3 aliphatic rings. The molecule has 37 heavy (non-hydrogen) atoms. The predicted octanol–water partition coefficient (Wildman–Crippen LogP) is 3.99. The SMILES string of the molecule is COc1cc(C(F)(F)F)ccc1[C@H](NC(=O)C1C[C@H]2C[C@H]2N1C(=O)c1cccc(S(C)(=O)=O)c1)C1CC1. The smallest absolute Gasteiger partial charge is 0.416 e. The van der Waals surface area contributed by atoms with Gasteiger partial charge >= 0.3 is 6.18 Å². The summed E-state index contributed by atoms with van der Waals surface area (Å²) in [5, 5.41) is 2.99. The number of nitrogens with one attached hydrogen (secondary N) is 1. The van der Waals surface area contributed by atoms with Crippen LogP contribution in [-0.2, 0) is 20.8 Å². The molecule has 4 atom stereocenters. The molecule has 1 saturated heterocycles. The zero-order valence-electron chi connectivity index (χ0n) is 20.3. The Kier molecular flexibility index (Phi) is 6.24. The van der Waals surface area contributed by atoms with Crippen molar-refractivity contribution in [2.75, 3.05) is 13.4 Å². The summed E-state index contributed by atoms with van der Waals surface area (Å²) in [5.41, 5.74) is -0.178. The molecule has 1 unspecified atom stereocenters. The zero-order valence-corrected chi connectivity index (χ0v) is 21.1. The Morgan fingerprint density at radius 3 is 2.46 bits per heavy atom. The minimum absolute atomic E-state index is 0.0223. The maximum Gasteiger partial charge on any atom is 0.416 e. The second-order valence-electron chi connectivity index (χ2n) is 10.1. The number of nitrogens with zero attached hydrogens (tertiary/aromatic N) is 1. The minimum atomic E-state index is -4.52. The summed E-state index contributed by atoms with van der Waals surface area (Å²) in [6.07, 6.45) is -0.578. The molecule has 0 bridgehead atoms. The molecule has 2 aromatic rings. The van der Waals surface area contributed by atoms with Crippen molar-refractivity contribution in [2.45, 2.75) is 54.9 Å². The molecule has 11 heteroatoms. The van der Waals surface area contributed by atoms with E-state index in [0.717, 1.165) is 37.7 Å². The molecule has 2 aromatic carbocycles. The Hall–Kier alpha value is -3.08. The van der Waals surface area contributed by atoms with Crippen LogP contribution >= 0.6 is 0 Å². The number of alkyl halides is 3. The van der Waals surface area contributed by atoms with Crippen LogP contribution in [0.25, 0.3) is 0 Å². The molecule has 3 fully saturated rings. The molecule has 1 aliphatic heterocycles. The maximum absolute atomic E-state index is 13.5. The van der Waals surface area contributed by atoms with Gasteiger partial charge in [0.25, 0.3) is 5.91 Å². The van der Waals surface area contributed by atoms with Gasteiger partial charge in [0.2, 0.25) is 5.91 Å². The van der Waals surface area contributed by atoms with Crippen LogP contribution in [0.15, 0.2) is 47.4 Å². The normalized spacial score (nSPS) is 23.8. The van der Waals surface area contributed by atoms with Crippen molar-refractivity contribution in [3.8, 4) is 5.75 Å². The molecule has 0 aromatic heterocycles. The van der Waals surface area contributed by atoms with Gasteiger partial charge in [0.1, 0.15) is 11.8 Å². The van der Waals surface area contributed by atoms with E-state index in [1.165, 1.54) is 42.3 Å². The molecule has 2 aliphatic carbocycles. The van der Waals surface area contributed by atoms with Crippen LogP contribution in [0, 0.1) is 11.8 Å². The Labute approximate surface area is 212 Å².